The summed E-state index contributed by atoms with van der Waals surface area (Å²) in [6, 6.07) is 0. The molecular weight excluding hydrogens is 208 g/mol. The highest BCUT2D eigenvalue weighted by molar-refractivity contribution is 6.20. The van der Waals surface area contributed by atoms with Crippen molar-refractivity contribution < 1.29 is 19.1 Å². The Hall–Kier alpha value is -1.03. The molecule has 0 bridgehead atoms. The van der Waals surface area contributed by atoms with E-state index in [0.717, 1.165) is 6.08 Å². The lowest BCUT2D eigenvalue weighted by Gasteiger charge is -2.11. The number of esters is 2. The Balaban J connectivity index is 3.87. The van der Waals surface area contributed by atoms with Gasteiger partial charge in [-0.3, -0.25) is 0 Å². The van der Waals surface area contributed by atoms with Gasteiger partial charge in [0.05, 0.1) is 5.38 Å². The van der Waals surface area contributed by atoms with Crippen molar-refractivity contribution in [3.8, 4) is 0 Å². The highest BCUT2D eigenvalue weighted by Crippen LogP contribution is 1.99. The van der Waals surface area contributed by atoms with E-state index in [-0.39, 0.29) is 12.0 Å². The molecule has 0 aromatic carbocycles. The molecule has 4 nitrogen and oxygen atoms in total. The summed E-state index contributed by atoms with van der Waals surface area (Å²) in [5, 5.41) is -0.263. The second-order valence-corrected chi connectivity index (χ2v) is 3.44. The first-order valence-electron chi connectivity index (χ1n) is 4.11. The van der Waals surface area contributed by atoms with Crippen molar-refractivity contribution in [3.05, 3.63) is 12.7 Å². The van der Waals surface area contributed by atoms with Crippen molar-refractivity contribution in [2.75, 3.05) is 6.61 Å². The first kappa shape index (κ1) is 13.0. The highest BCUT2D eigenvalue weighted by Gasteiger charge is 2.18. The zero-order valence-corrected chi connectivity index (χ0v) is 8.91. The molecule has 0 heterocycles. The van der Waals surface area contributed by atoms with Crippen LogP contribution in [0.1, 0.15) is 13.8 Å². The first-order chi connectivity index (χ1) is 6.47. The van der Waals surface area contributed by atoms with E-state index < -0.39 is 18.0 Å². The van der Waals surface area contributed by atoms with Crippen LogP contribution in [0.3, 0.4) is 0 Å². The van der Waals surface area contributed by atoms with Crippen LogP contribution >= 0.6 is 11.6 Å². The molecular formula is C9H13ClO4. The van der Waals surface area contributed by atoms with E-state index in [9.17, 15) is 9.59 Å². The quantitative estimate of drug-likeness (QED) is 0.398. The summed E-state index contributed by atoms with van der Waals surface area (Å²) < 4.78 is 9.35. The van der Waals surface area contributed by atoms with Gasteiger partial charge in [-0.2, -0.15) is 0 Å². The maximum absolute atomic E-state index is 11.1. The van der Waals surface area contributed by atoms with Crippen molar-refractivity contribution in [1.29, 1.82) is 0 Å². The van der Waals surface area contributed by atoms with Gasteiger partial charge in [-0.25, -0.2) is 9.59 Å². The molecule has 0 amide bonds. The number of carbonyl (C=O) groups excluding carboxylic acids is 2. The number of carbonyl (C=O) groups is 2. The Labute approximate surface area is 87.8 Å². The number of hydrogen-bond donors (Lipinski definition) is 0. The minimum absolute atomic E-state index is 0.0936. The summed E-state index contributed by atoms with van der Waals surface area (Å²) >= 11 is 5.56. The molecule has 80 valence electrons. The fourth-order valence-corrected chi connectivity index (χ4v) is 0.648. The largest absolute Gasteiger partial charge is 0.461 e. The van der Waals surface area contributed by atoms with E-state index in [0.29, 0.717) is 0 Å². The van der Waals surface area contributed by atoms with Gasteiger partial charge in [0.2, 0.25) is 0 Å². The molecule has 2 unspecified atom stereocenters. The van der Waals surface area contributed by atoms with Crippen molar-refractivity contribution in [3.63, 3.8) is 0 Å². The molecule has 5 heteroatoms. The number of hydrogen-bond acceptors (Lipinski definition) is 4. The molecule has 0 spiro atoms. The maximum Gasteiger partial charge on any atom is 0.347 e. The Kier molecular flexibility index (Phi) is 5.95. The fraction of sp³-hybridized carbons (Fsp3) is 0.556. The molecule has 0 saturated carbocycles. The van der Waals surface area contributed by atoms with Gasteiger partial charge in [0, 0.05) is 6.08 Å². The predicted octanol–water partition coefficient (Wildman–Crippen LogP) is 1.27. The molecule has 0 radical (unpaired) electrons. The molecule has 14 heavy (non-hydrogen) atoms. The van der Waals surface area contributed by atoms with Crippen LogP contribution in [-0.4, -0.2) is 30.0 Å². The van der Waals surface area contributed by atoms with Crippen molar-refractivity contribution >= 4 is 23.5 Å². The maximum atomic E-state index is 11.1. The lowest BCUT2D eigenvalue weighted by atomic mass is 10.4. The van der Waals surface area contributed by atoms with Gasteiger partial charge in [0.1, 0.15) is 6.61 Å². The third kappa shape index (κ3) is 5.59. The molecule has 0 rings (SSSR count). The highest BCUT2D eigenvalue weighted by atomic mass is 35.5. The second kappa shape index (κ2) is 6.43. The summed E-state index contributed by atoms with van der Waals surface area (Å²) in [6.07, 6.45) is 0.0458. The van der Waals surface area contributed by atoms with Crippen LogP contribution in [-0.2, 0) is 19.1 Å². The van der Waals surface area contributed by atoms with Gasteiger partial charge in [0.25, 0.3) is 0 Å². The van der Waals surface area contributed by atoms with Gasteiger partial charge in [-0.15, -0.1) is 11.6 Å². The first-order valence-corrected chi connectivity index (χ1v) is 4.54. The molecule has 0 aliphatic heterocycles. The lowest BCUT2D eigenvalue weighted by molar-refractivity contribution is -0.163. The zero-order chi connectivity index (χ0) is 11.1. The van der Waals surface area contributed by atoms with Crippen LogP contribution in [0.2, 0.25) is 0 Å². The molecule has 0 N–H and O–H groups in total. The normalized spacial score (nSPS) is 13.9. The number of ether oxygens (including phenoxy) is 2. The Bertz CT molecular complexity index is 225. The minimum Gasteiger partial charge on any atom is -0.461 e. The van der Waals surface area contributed by atoms with Crippen molar-refractivity contribution in [2.45, 2.75) is 25.3 Å². The molecule has 0 aliphatic rings. The summed E-state index contributed by atoms with van der Waals surface area (Å²) in [7, 11) is 0. The third-order valence-electron chi connectivity index (χ3n) is 1.25. The van der Waals surface area contributed by atoms with Gasteiger partial charge in [-0.05, 0) is 13.8 Å². The van der Waals surface area contributed by atoms with E-state index in [2.05, 4.69) is 11.3 Å². The summed E-state index contributed by atoms with van der Waals surface area (Å²) in [4.78, 5) is 21.8. The molecule has 0 aromatic rings. The van der Waals surface area contributed by atoms with E-state index in [1.165, 1.54) is 6.92 Å². The van der Waals surface area contributed by atoms with Crippen LogP contribution in [0.4, 0.5) is 0 Å². The molecule has 0 fully saturated rings. The van der Waals surface area contributed by atoms with Crippen LogP contribution in [0.15, 0.2) is 12.7 Å². The fourth-order valence-electron chi connectivity index (χ4n) is 0.585. The second-order valence-electron chi connectivity index (χ2n) is 2.69. The average Bonchev–Trinajstić information content (AvgIpc) is 2.13. The molecule has 0 aliphatic carbocycles. The van der Waals surface area contributed by atoms with Crippen molar-refractivity contribution in [2.24, 2.45) is 0 Å². The van der Waals surface area contributed by atoms with Crippen LogP contribution in [0.25, 0.3) is 0 Å². The summed E-state index contributed by atoms with van der Waals surface area (Å²) in [5.41, 5.74) is 0. The van der Waals surface area contributed by atoms with E-state index in [1.54, 1.807) is 6.92 Å². The van der Waals surface area contributed by atoms with Crippen LogP contribution in [0.5, 0.6) is 0 Å². The van der Waals surface area contributed by atoms with E-state index in [4.69, 9.17) is 16.3 Å². The number of rotatable bonds is 5. The van der Waals surface area contributed by atoms with Crippen LogP contribution in [0, 0.1) is 0 Å². The van der Waals surface area contributed by atoms with Crippen LogP contribution < -0.4 is 0 Å². The predicted molar refractivity (Wildman–Crippen MR) is 52.0 cm³/mol. The smallest absolute Gasteiger partial charge is 0.347 e. The van der Waals surface area contributed by atoms with E-state index in [1.807, 2.05) is 0 Å². The van der Waals surface area contributed by atoms with Gasteiger partial charge < -0.3 is 9.47 Å². The zero-order valence-electron chi connectivity index (χ0n) is 8.16. The SMILES string of the molecule is C=CC(=O)OC(C)C(=O)OCC(C)Cl. The van der Waals surface area contributed by atoms with Gasteiger partial charge in [0.15, 0.2) is 6.10 Å². The average molecular weight is 221 g/mol. The number of alkyl halides is 1. The molecule has 0 saturated heterocycles. The van der Waals surface area contributed by atoms with Gasteiger partial charge >= 0.3 is 11.9 Å². The Morgan fingerprint density at radius 2 is 2.07 bits per heavy atom. The Morgan fingerprint density at radius 3 is 2.50 bits per heavy atom. The minimum atomic E-state index is -0.934. The van der Waals surface area contributed by atoms with E-state index >= 15 is 0 Å². The summed E-state index contributed by atoms with van der Waals surface area (Å²) in [5.74, 6) is -1.28. The standard InChI is InChI=1S/C9H13ClO4/c1-4-8(11)14-7(3)9(12)13-5-6(2)10/h4,6-7H,1,5H2,2-3H3. The summed E-state index contributed by atoms with van der Waals surface area (Å²) in [6.45, 7) is 6.40. The molecule has 0 aromatic heterocycles. The Morgan fingerprint density at radius 1 is 1.50 bits per heavy atom. The number of halogens is 1. The lowest BCUT2D eigenvalue weighted by Crippen LogP contribution is -2.27. The molecule has 2 atom stereocenters. The monoisotopic (exact) mass is 220 g/mol. The topological polar surface area (TPSA) is 52.6 Å². The third-order valence-corrected chi connectivity index (χ3v) is 1.37. The van der Waals surface area contributed by atoms with Gasteiger partial charge in [-0.1, -0.05) is 6.58 Å². The van der Waals surface area contributed by atoms with Crippen molar-refractivity contribution in [1.82, 2.24) is 0 Å².